The average Bonchev–Trinajstić information content (AvgIpc) is 2.28. The molecule has 0 aliphatic rings. The normalized spacial score (nSPS) is 10.6. The van der Waals surface area contributed by atoms with Crippen LogP contribution in [0.3, 0.4) is 0 Å². The minimum atomic E-state index is -0.669. The molecule has 0 radical (unpaired) electrons. The largest absolute Gasteiger partial charge is 0.465 e. The van der Waals surface area contributed by atoms with Crippen LogP contribution < -0.4 is 0 Å². The van der Waals surface area contributed by atoms with Crippen molar-refractivity contribution in [2.45, 2.75) is 20.5 Å². The van der Waals surface area contributed by atoms with Gasteiger partial charge in [0.05, 0.1) is 19.3 Å². The zero-order valence-corrected chi connectivity index (χ0v) is 10.3. The molecule has 0 bridgehead atoms. The molecule has 0 saturated carbocycles. The van der Waals surface area contributed by atoms with Crippen LogP contribution in [0.5, 0.6) is 0 Å². The maximum absolute atomic E-state index is 13.5. The minimum absolute atomic E-state index is 0.0555. The van der Waals surface area contributed by atoms with Gasteiger partial charge in [0.15, 0.2) is 0 Å². The third-order valence-corrected chi connectivity index (χ3v) is 2.16. The van der Waals surface area contributed by atoms with Gasteiger partial charge in [0.2, 0.25) is 0 Å². The summed E-state index contributed by atoms with van der Waals surface area (Å²) in [4.78, 5) is 11.2. The predicted molar refractivity (Wildman–Crippen MR) is 62.2 cm³/mol. The minimum Gasteiger partial charge on any atom is -0.465 e. The van der Waals surface area contributed by atoms with E-state index < -0.39 is 11.8 Å². The van der Waals surface area contributed by atoms with Crippen molar-refractivity contribution in [2.75, 3.05) is 13.7 Å². The number of esters is 1. The number of hydrogen-bond acceptors (Lipinski definition) is 3. The van der Waals surface area contributed by atoms with Gasteiger partial charge in [-0.2, -0.15) is 0 Å². The van der Waals surface area contributed by atoms with Crippen LogP contribution in [0.1, 0.15) is 29.8 Å². The van der Waals surface area contributed by atoms with E-state index in [2.05, 4.69) is 4.74 Å². The third-order valence-electron chi connectivity index (χ3n) is 2.16. The van der Waals surface area contributed by atoms with E-state index in [4.69, 9.17) is 4.74 Å². The van der Waals surface area contributed by atoms with Gasteiger partial charge < -0.3 is 9.47 Å². The van der Waals surface area contributed by atoms with Gasteiger partial charge in [0.25, 0.3) is 0 Å². The third kappa shape index (κ3) is 4.15. The van der Waals surface area contributed by atoms with Gasteiger partial charge in [-0.15, -0.1) is 0 Å². The molecule has 0 aliphatic heterocycles. The second-order valence-electron chi connectivity index (χ2n) is 4.21. The summed E-state index contributed by atoms with van der Waals surface area (Å²) in [7, 11) is 1.22. The summed E-state index contributed by atoms with van der Waals surface area (Å²) in [6.45, 7) is 5.05. The zero-order valence-electron chi connectivity index (χ0n) is 10.3. The summed E-state index contributed by atoms with van der Waals surface area (Å²) >= 11 is 0. The lowest BCUT2D eigenvalue weighted by molar-refractivity contribution is 0.0595. The number of methoxy groups -OCH3 is 1. The summed E-state index contributed by atoms with van der Waals surface area (Å²) in [5.74, 6) is -0.811. The molecule has 0 fully saturated rings. The quantitative estimate of drug-likeness (QED) is 0.742. The number of ether oxygens (including phenoxy) is 2. The molecule has 0 amide bonds. The smallest absolute Gasteiger partial charge is 0.340 e. The van der Waals surface area contributed by atoms with Gasteiger partial charge >= 0.3 is 5.97 Å². The summed E-state index contributed by atoms with van der Waals surface area (Å²) in [6, 6.07) is 4.37. The highest BCUT2D eigenvalue weighted by Gasteiger charge is 2.12. The van der Waals surface area contributed by atoms with Crippen LogP contribution in [0.15, 0.2) is 18.2 Å². The van der Waals surface area contributed by atoms with E-state index in [9.17, 15) is 9.18 Å². The number of carbonyl (C=O) groups excluding carboxylic acids is 1. The van der Waals surface area contributed by atoms with Crippen LogP contribution in [0.2, 0.25) is 0 Å². The van der Waals surface area contributed by atoms with E-state index in [-0.39, 0.29) is 5.56 Å². The zero-order chi connectivity index (χ0) is 12.8. The first-order chi connectivity index (χ1) is 8.04. The van der Waals surface area contributed by atoms with E-state index in [0.717, 1.165) is 0 Å². The lowest BCUT2D eigenvalue weighted by atomic mass is 10.1. The molecular weight excluding hydrogens is 223 g/mol. The second kappa shape index (κ2) is 6.35. The second-order valence-corrected chi connectivity index (χ2v) is 4.21. The van der Waals surface area contributed by atoms with Gasteiger partial charge in [-0.1, -0.05) is 19.9 Å². The first-order valence-corrected chi connectivity index (χ1v) is 5.49. The Labute approximate surface area is 101 Å². The number of halogens is 1. The molecule has 0 atom stereocenters. The van der Waals surface area contributed by atoms with Crippen molar-refractivity contribution >= 4 is 5.97 Å². The van der Waals surface area contributed by atoms with Crippen LogP contribution in [0, 0.1) is 11.7 Å². The molecule has 0 saturated heterocycles. The fraction of sp³-hybridized carbons (Fsp3) is 0.462. The Bertz CT molecular complexity index is 388. The number of hydrogen-bond donors (Lipinski definition) is 0. The van der Waals surface area contributed by atoms with Crippen molar-refractivity contribution in [3.63, 3.8) is 0 Å². The first kappa shape index (κ1) is 13.6. The molecule has 17 heavy (non-hydrogen) atoms. The van der Waals surface area contributed by atoms with Crippen LogP contribution in [0.25, 0.3) is 0 Å². The summed E-state index contributed by atoms with van der Waals surface area (Å²) < 4.78 is 23.4. The van der Waals surface area contributed by atoms with Crippen LogP contribution in [-0.4, -0.2) is 19.7 Å². The van der Waals surface area contributed by atoms with Crippen molar-refractivity contribution in [3.05, 3.63) is 35.1 Å². The van der Waals surface area contributed by atoms with Gasteiger partial charge in [0.1, 0.15) is 5.82 Å². The molecule has 0 unspecified atom stereocenters. The van der Waals surface area contributed by atoms with E-state index in [1.807, 2.05) is 13.8 Å². The molecule has 3 nitrogen and oxygen atoms in total. The van der Waals surface area contributed by atoms with Crippen LogP contribution >= 0.6 is 0 Å². The van der Waals surface area contributed by atoms with E-state index >= 15 is 0 Å². The Morgan fingerprint density at radius 2 is 2.12 bits per heavy atom. The van der Waals surface area contributed by atoms with Gasteiger partial charge in [-0.3, -0.25) is 0 Å². The van der Waals surface area contributed by atoms with Crippen LogP contribution in [0.4, 0.5) is 4.39 Å². The Kier molecular flexibility index (Phi) is 5.10. The average molecular weight is 240 g/mol. The number of benzene rings is 1. The molecule has 1 aromatic rings. The highest BCUT2D eigenvalue weighted by Crippen LogP contribution is 2.12. The lowest BCUT2D eigenvalue weighted by Crippen LogP contribution is -2.06. The molecule has 0 N–H and O–H groups in total. The highest BCUT2D eigenvalue weighted by molar-refractivity contribution is 5.89. The summed E-state index contributed by atoms with van der Waals surface area (Å²) in [5, 5.41) is 0. The summed E-state index contributed by atoms with van der Waals surface area (Å²) in [5.41, 5.74) is 0.649. The molecule has 0 aliphatic carbocycles. The molecule has 4 heteroatoms. The fourth-order valence-electron chi connectivity index (χ4n) is 1.34. The van der Waals surface area contributed by atoms with E-state index in [1.54, 1.807) is 6.07 Å². The Balaban J connectivity index is 2.65. The number of rotatable bonds is 5. The molecule has 1 rings (SSSR count). The van der Waals surface area contributed by atoms with E-state index in [1.165, 1.54) is 19.2 Å². The Morgan fingerprint density at radius 3 is 2.65 bits per heavy atom. The maximum Gasteiger partial charge on any atom is 0.340 e. The summed E-state index contributed by atoms with van der Waals surface area (Å²) in [6.07, 6.45) is 0. The monoisotopic (exact) mass is 240 g/mol. The molecular formula is C13H17FO3. The Morgan fingerprint density at radius 1 is 1.41 bits per heavy atom. The van der Waals surface area contributed by atoms with Crippen LogP contribution in [-0.2, 0) is 16.1 Å². The van der Waals surface area contributed by atoms with Crippen molar-refractivity contribution in [2.24, 2.45) is 5.92 Å². The highest BCUT2D eigenvalue weighted by atomic mass is 19.1. The topological polar surface area (TPSA) is 35.5 Å². The van der Waals surface area contributed by atoms with Crippen molar-refractivity contribution in [3.8, 4) is 0 Å². The van der Waals surface area contributed by atoms with E-state index in [0.29, 0.717) is 24.7 Å². The number of carbonyl (C=O) groups is 1. The van der Waals surface area contributed by atoms with Gasteiger partial charge in [-0.05, 0) is 23.6 Å². The molecule has 1 aromatic carbocycles. The van der Waals surface area contributed by atoms with Crippen molar-refractivity contribution < 1.29 is 18.7 Å². The van der Waals surface area contributed by atoms with Gasteiger partial charge in [-0.25, -0.2) is 9.18 Å². The molecule has 0 heterocycles. The van der Waals surface area contributed by atoms with Crippen molar-refractivity contribution in [1.82, 2.24) is 0 Å². The fourth-order valence-corrected chi connectivity index (χ4v) is 1.34. The SMILES string of the molecule is COC(=O)c1ccc(COCC(C)C)cc1F. The molecule has 94 valence electrons. The van der Waals surface area contributed by atoms with Crippen molar-refractivity contribution in [1.29, 1.82) is 0 Å². The maximum atomic E-state index is 13.5. The lowest BCUT2D eigenvalue weighted by Gasteiger charge is -2.08. The molecule has 0 spiro atoms. The van der Waals surface area contributed by atoms with Gasteiger partial charge in [0, 0.05) is 6.61 Å². The standard InChI is InChI=1S/C13H17FO3/c1-9(2)7-17-8-10-4-5-11(12(14)6-10)13(15)16-3/h4-6,9H,7-8H2,1-3H3. The molecule has 0 aromatic heterocycles. The first-order valence-electron chi connectivity index (χ1n) is 5.49. The Hall–Kier alpha value is -1.42. The predicted octanol–water partition coefficient (Wildman–Crippen LogP) is 2.78.